The molecule has 1 nitrogen and oxygen atoms in total. The highest BCUT2D eigenvalue weighted by Gasteiger charge is 2.05. The predicted octanol–water partition coefficient (Wildman–Crippen LogP) is 2.37. The minimum Gasteiger partial charge on any atom is -0.330 e. The molecule has 0 saturated carbocycles. The first-order valence-electron chi connectivity index (χ1n) is 4.19. The van der Waals surface area contributed by atoms with Crippen LogP contribution in [0.2, 0.25) is 0 Å². The lowest BCUT2D eigenvalue weighted by Gasteiger charge is -2.04. The Labute approximate surface area is 76.4 Å². The van der Waals surface area contributed by atoms with E-state index in [0.717, 1.165) is 6.42 Å². The van der Waals surface area contributed by atoms with Crippen molar-refractivity contribution in [1.82, 2.24) is 0 Å². The Kier molecular flexibility index (Phi) is 4.25. The molecule has 0 amide bonds. The molecular weight excluding hydrogens is 173 g/mol. The van der Waals surface area contributed by atoms with E-state index >= 15 is 0 Å². The molecule has 1 unspecified atom stereocenters. The largest absolute Gasteiger partial charge is 0.330 e. The first kappa shape index (κ1) is 9.68. The maximum absolute atomic E-state index is 12.9. The number of hydrogen-bond donors (Lipinski definition) is 1. The second-order valence-electron chi connectivity index (χ2n) is 2.79. The normalized spacial score (nSPS) is 13.2. The maximum Gasteiger partial charge on any atom is 0.102 e. The van der Waals surface area contributed by atoms with Crippen LogP contribution in [0.1, 0.15) is 17.7 Å². The summed E-state index contributed by atoms with van der Waals surface area (Å²) in [6, 6.07) is 4.04. The zero-order valence-corrected chi connectivity index (χ0v) is 7.82. The predicted molar refractivity (Wildman–Crippen MR) is 51.2 cm³/mol. The topological polar surface area (TPSA) is 26.0 Å². The van der Waals surface area contributed by atoms with Crippen molar-refractivity contribution < 1.29 is 4.39 Å². The van der Waals surface area contributed by atoms with Gasteiger partial charge < -0.3 is 5.73 Å². The fraction of sp³-hybridized carbons (Fsp3) is 0.556. The van der Waals surface area contributed by atoms with E-state index in [0.29, 0.717) is 19.4 Å². The van der Waals surface area contributed by atoms with Gasteiger partial charge >= 0.3 is 0 Å². The van der Waals surface area contributed by atoms with Gasteiger partial charge in [0.15, 0.2) is 0 Å². The molecule has 0 spiro atoms. The van der Waals surface area contributed by atoms with E-state index in [1.807, 2.05) is 17.5 Å². The van der Waals surface area contributed by atoms with Gasteiger partial charge in [0.2, 0.25) is 0 Å². The van der Waals surface area contributed by atoms with Gasteiger partial charge in [-0.3, -0.25) is 0 Å². The standard InChI is InChI=1S/C9H14FNS/c10-8(5-6-11)3-4-9-2-1-7-12-9/h1-2,7-8H,3-6,11H2. The monoisotopic (exact) mass is 187 g/mol. The SMILES string of the molecule is NCCC(F)CCc1cccs1. The van der Waals surface area contributed by atoms with Gasteiger partial charge in [-0.2, -0.15) is 0 Å². The molecule has 0 aliphatic rings. The van der Waals surface area contributed by atoms with E-state index < -0.39 is 6.17 Å². The number of nitrogens with two attached hydrogens (primary N) is 1. The van der Waals surface area contributed by atoms with Gasteiger partial charge in [-0.1, -0.05) is 6.07 Å². The molecule has 1 aromatic heterocycles. The zero-order chi connectivity index (χ0) is 8.81. The fourth-order valence-electron chi connectivity index (χ4n) is 1.08. The Balaban J connectivity index is 2.17. The van der Waals surface area contributed by atoms with Crippen LogP contribution in [-0.4, -0.2) is 12.7 Å². The minimum atomic E-state index is -0.725. The lowest BCUT2D eigenvalue weighted by atomic mass is 10.1. The first-order chi connectivity index (χ1) is 5.83. The molecule has 3 heteroatoms. The Bertz CT molecular complexity index is 198. The summed E-state index contributed by atoms with van der Waals surface area (Å²) in [4.78, 5) is 1.26. The van der Waals surface area contributed by atoms with Crippen molar-refractivity contribution in [2.75, 3.05) is 6.54 Å². The smallest absolute Gasteiger partial charge is 0.102 e. The van der Waals surface area contributed by atoms with Crippen molar-refractivity contribution in [3.63, 3.8) is 0 Å². The van der Waals surface area contributed by atoms with Crippen LogP contribution in [0.25, 0.3) is 0 Å². The maximum atomic E-state index is 12.9. The van der Waals surface area contributed by atoms with E-state index in [2.05, 4.69) is 0 Å². The number of rotatable bonds is 5. The summed E-state index contributed by atoms with van der Waals surface area (Å²) in [6.07, 6.45) is 1.22. The third-order valence-electron chi connectivity index (χ3n) is 1.76. The van der Waals surface area contributed by atoms with E-state index in [9.17, 15) is 4.39 Å². The molecule has 0 aliphatic heterocycles. The van der Waals surface area contributed by atoms with Gasteiger partial charge in [0.25, 0.3) is 0 Å². The van der Waals surface area contributed by atoms with Crippen LogP contribution in [0.4, 0.5) is 4.39 Å². The van der Waals surface area contributed by atoms with E-state index in [1.54, 1.807) is 11.3 Å². The molecule has 0 fully saturated rings. The van der Waals surface area contributed by atoms with E-state index in [1.165, 1.54) is 4.88 Å². The quantitative estimate of drug-likeness (QED) is 0.752. The highest BCUT2D eigenvalue weighted by molar-refractivity contribution is 7.09. The molecule has 0 saturated heterocycles. The summed E-state index contributed by atoms with van der Waals surface area (Å²) < 4.78 is 12.9. The molecular formula is C9H14FNS. The number of thiophene rings is 1. The lowest BCUT2D eigenvalue weighted by Crippen LogP contribution is -2.09. The Morgan fingerprint density at radius 1 is 1.50 bits per heavy atom. The van der Waals surface area contributed by atoms with Crippen molar-refractivity contribution in [3.8, 4) is 0 Å². The number of halogens is 1. The van der Waals surface area contributed by atoms with E-state index in [4.69, 9.17) is 5.73 Å². The van der Waals surface area contributed by atoms with Crippen LogP contribution in [0.5, 0.6) is 0 Å². The van der Waals surface area contributed by atoms with Crippen LogP contribution in [-0.2, 0) is 6.42 Å². The highest BCUT2D eigenvalue weighted by atomic mass is 32.1. The zero-order valence-electron chi connectivity index (χ0n) is 7.00. The van der Waals surface area contributed by atoms with Crippen molar-refractivity contribution in [1.29, 1.82) is 0 Å². The summed E-state index contributed by atoms with van der Waals surface area (Å²) in [7, 11) is 0. The molecule has 12 heavy (non-hydrogen) atoms. The average molecular weight is 187 g/mol. The summed E-state index contributed by atoms with van der Waals surface area (Å²) >= 11 is 1.69. The Hall–Kier alpha value is -0.410. The van der Waals surface area contributed by atoms with Gasteiger partial charge in [-0.15, -0.1) is 11.3 Å². The summed E-state index contributed by atoms with van der Waals surface area (Å²) in [5.74, 6) is 0. The van der Waals surface area contributed by atoms with Crippen LogP contribution in [0.15, 0.2) is 17.5 Å². The Morgan fingerprint density at radius 3 is 2.92 bits per heavy atom. The second kappa shape index (κ2) is 5.27. The molecule has 1 rings (SSSR count). The molecule has 0 aliphatic carbocycles. The van der Waals surface area contributed by atoms with Crippen LogP contribution < -0.4 is 5.73 Å². The summed E-state index contributed by atoms with van der Waals surface area (Å²) in [6.45, 7) is 0.450. The number of alkyl halides is 1. The Morgan fingerprint density at radius 2 is 2.33 bits per heavy atom. The molecule has 0 bridgehead atoms. The minimum absolute atomic E-state index is 0.450. The van der Waals surface area contributed by atoms with Crippen molar-refractivity contribution in [2.45, 2.75) is 25.4 Å². The third kappa shape index (κ3) is 3.32. The van der Waals surface area contributed by atoms with Gasteiger partial charge in [-0.25, -0.2) is 4.39 Å². The molecule has 0 radical (unpaired) electrons. The molecule has 1 aromatic rings. The van der Waals surface area contributed by atoms with Crippen molar-refractivity contribution in [3.05, 3.63) is 22.4 Å². The van der Waals surface area contributed by atoms with Gasteiger partial charge in [-0.05, 0) is 37.3 Å². The van der Waals surface area contributed by atoms with Crippen LogP contribution in [0, 0.1) is 0 Å². The fourth-order valence-corrected chi connectivity index (χ4v) is 1.80. The van der Waals surface area contributed by atoms with Gasteiger partial charge in [0.05, 0.1) is 0 Å². The molecule has 1 heterocycles. The number of hydrogen-bond acceptors (Lipinski definition) is 2. The summed E-state index contributed by atoms with van der Waals surface area (Å²) in [5, 5.41) is 2.02. The van der Waals surface area contributed by atoms with Crippen LogP contribution in [0.3, 0.4) is 0 Å². The van der Waals surface area contributed by atoms with Gasteiger partial charge in [0, 0.05) is 4.88 Å². The van der Waals surface area contributed by atoms with Crippen LogP contribution >= 0.6 is 11.3 Å². The van der Waals surface area contributed by atoms with Crippen molar-refractivity contribution in [2.24, 2.45) is 5.73 Å². The van der Waals surface area contributed by atoms with E-state index in [-0.39, 0.29) is 0 Å². The molecule has 68 valence electrons. The first-order valence-corrected chi connectivity index (χ1v) is 5.07. The molecule has 1 atom stereocenters. The molecule has 0 aromatic carbocycles. The number of aryl methyl sites for hydroxylation is 1. The van der Waals surface area contributed by atoms with Crippen molar-refractivity contribution >= 4 is 11.3 Å². The molecule has 2 N–H and O–H groups in total. The summed E-state index contributed by atoms with van der Waals surface area (Å²) in [5.41, 5.74) is 5.24. The van der Waals surface area contributed by atoms with Gasteiger partial charge in [0.1, 0.15) is 6.17 Å². The lowest BCUT2D eigenvalue weighted by molar-refractivity contribution is 0.301. The third-order valence-corrected chi connectivity index (χ3v) is 2.70. The second-order valence-corrected chi connectivity index (χ2v) is 3.82. The highest BCUT2D eigenvalue weighted by Crippen LogP contribution is 2.14. The average Bonchev–Trinajstić information content (AvgIpc) is 2.53.